The highest BCUT2D eigenvalue weighted by molar-refractivity contribution is 8.00. The molecule has 18 heavy (non-hydrogen) atoms. The van der Waals surface area contributed by atoms with Crippen molar-refractivity contribution in [2.24, 2.45) is 5.92 Å². The van der Waals surface area contributed by atoms with Crippen molar-refractivity contribution >= 4 is 11.8 Å². The first-order valence-corrected chi connectivity index (χ1v) is 7.72. The molecule has 2 atom stereocenters. The van der Waals surface area contributed by atoms with Gasteiger partial charge in [-0.3, -0.25) is 0 Å². The average molecular weight is 259 g/mol. The highest BCUT2D eigenvalue weighted by atomic mass is 32.2. The third-order valence-corrected chi connectivity index (χ3v) is 5.30. The van der Waals surface area contributed by atoms with Gasteiger partial charge in [0.1, 0.15) is 0 Å². The van der Waals surface area contributed by atoms with Gasteiger partial charge in [0.15, 0.2) is 0 Å². The van der Waals surface area contributed by atoms with E-state index < -0.39 is 0 Å². The minimum absolute atomic E-state index is 0.234. The zero-order valence-corrected chi connectivity index (χ0v) is 12.1. The molecule has 1 nitrogen and oxygen atoms in total. The number of benzene rings is 1. The van der Waals surface area contributed by atoms with Crippen LogP contribution in [0.2, 0.25) is 0 Å². The molecule has 0 radical (unpaired) electrons. The van der Waals surface area contributed by atoms with Gasteiger partial charge in [-0.2, -0.15) is 5.26 Å². The first-order valence-electron chi connectivity index (χ1n) is 6.84. The first-order chi connectivity index (χ1) is 8.70. The summed E-state index contributed by atoms with van der Waals surface area (Å²) in [5.74, 6) is 0.234. The molecule has 2 heteroatoms. The van der Waals surface area contributed by atoms with E-state index in [1.54, 1.807) is 0 Å². The van der Waals surface area contributed by atoms with E-state index in [0.29, 0.717) is 5.25 Å². The molecule has 2 rings (SSSR count). The van der Waals surface area contributed by atoms with Gasteiger partial charge in [0.05, 0.1) is 12.0 Å². The van der Waals surface area contributed by atoms with Crippen molar-refractivity contribution in [1.82, 2.24) is 0 Å². The van der Waals surface area contributed by atoms with E-state index in [1.165, 1.54) is 41.7 Å². The molecule has 0 heterocycles. The quantitative estimate of drug-likeness (QED) is 0.708. The lowest BCUT2D eigenvalue weighted by Crippen LogP contribution is -2.14. The number of nitrogens with zero attached hydrogens (tertiary/aromatic N) is 1. The van der Waals surface area contributed by atoms with Gasteiger partial charge in [0, 0.05) is 10.1 Å². The summed E-state index contributed by atoms with van der Waals surface area (Å²) in [6.07, 6.45) is 6.07. The largest absolute Gasteiger partial charge is 0.198 e. The van der Waals surface area contributed by atoms with E-state index >= 15 is 0 Å². The van der Waals surface area contributed by atoms with Gasteiger partial charge < -0.3 is 0 Å². The molecule has 0 N–H and O–H groups in total. The third-order valence-electron chi connectivity index (χ3n) is 3.74. The molecule has 96 valence electrons. The summed E-state index contributed by atoms with van der Waals surface area (Å²) < 4.78 is 0. The van der Waals surface area contributed by atoms with Crippen LogP contribution in [-0.4, -0.2) is 5.25 Å². The minimum Gasteiger partial charge on any atom is -0.198 e. The van der Waals surface area contributed by atoms with Crippen LogP contribution in [-0.2, 0) is 0 Å². The van der Waals surface area contributed by atoms with E-state index in [9.17, 15) is 5.26 Å². The topological polar surface area (TPSA) is 23.8 Å². The molecule has 0 aliphatic heterocycles. The van der Waals surface area contributed by atoms with E-state index in [1.807, 2.05) is 11.8 Å². The van der Waals surface area contributed by atoms with Crippen molar-refractivity contribution in [3.05, 3.63) is 29.3 Å². The van der Waals surface area contributed by atoms with Crippen molar-refractivity contribution in [2.45, 2.75) is 56.1 Å². The van der Waals surface area contributed by atoms with Crippen molar-refractivity contribution in [2.75, 3.05) is 0 Å². The predicted molar refractivity (Wildman–Crippen MR) is 77.7 cm³/mol. The minimum atomic E-state index is 0.234. The molecule has 0 aromatic heterocycles. The standard InChI is InChI=1S/C16H21NS/c1-12-8-9-13(2)16(10-12)18-15-7-5-3-4-6-14(15)11-17/h8-10,14-15H,3-7H2,1-2H3. The summed E-state index contributed by atoms with van der Waals surface area (Å²) in [7, 11) is 0. The second kappa shape index (κ2) is 6.29. The summed E-state index contributed by atoms with van der Waals surface area (Å²) >= 11 is 1.93. The second-order valence-electron chi connectivity index (χ2n) is 5.30. The maximum Gasteiger partial charge on any atom is 0.0667 e. The van der Waals surface area contributed by atoms with Crippen molar-refractivity contribution in [3.8, 4) is 6.07 Å². The van der Waals surface area contributed by atoms with Crippen LogP contribution in [0.3, 0.4) is 0 Å². The highest BCUT2D eigenvalue weighted by Crippen LogP contribution is 2.37. The molecular formula is C16H21NS. The number of aryl methyl sites for hydroxylation is 2. The Morgan fingerprint density at radius 3 is 2.72 bits per heavy atom. The number of hydrogen-bond donors (Lipinski definition) is 0. The van der Waals surface area contributed by atoms with Crippen LogP contribution in [0, 0.1) is 31.1 Å². The maximum absolute atomic E-state index is 9.33. The average Bonchev–Trinajstić information content (AvgIpc) is 2.59. The third kappa shape index (κ3) is 3.29. The molecule has 0 bridgehead atoms. The highest BCUT2D eigenvalue weighted by Gasteiger charge is 2.24. The van der Waals surface area contributed by atoms with Gasteiger partial charge >= 0.3 is 0 Å². The Morgan fingerprint density at radius 1 is 1.17 bits per heavy atom. The predicted octanol–water partition coefficient (Wildman–Crippen LogP) is 4.87. The van der Waals surface area contributed by atoms with Gasteiger partial charge in [-0.1, -0.05) is 37.0 Å². The summed E-state index contributed by atoms with van der Waals surface area (Å²) in [4.78, 5) is 1.36. The van der Waals surface area contributed by atoms with Crippen LogP contribution in [0.1, 0.15) is 43.2 Å². The fourth-order valence-electron chi connectivity index (χ4n) is 2.56. The normalized spacial score (nSPS) is 24.3. The fraction of sp³-hybridized carbons (Fsp3) is 0.562. The SMILES string of the molecule is Cc1ccc(C)c(SC2CCCCCC2C#N)c1. The van der Waals surface area contributed by atoms with Gasteiger partial charge in [0.2, 0.25) is 0 Å². The molecule has 1 aliphatic carbocycles. The van der Waals surface area contributed by atoms with E-state index in [0.717, 1.165) is 6.42 Å². The number of hydrogen-bond acceptors (Lipinski definition) is 2. The molecule has 1 aliphatic rings. The van der Waals surface area contributed by atoms with Gasteiger partial charge in [0.25, 0.3) is 0 Å². The van der Waals surface area contributed by atoms with E-state index in [2.05, 4.69) is 38.1 Å². The molecule has 0 spiro atoms. The number of nitriles is 1. The van der Waals surface area contributed by atoms with Gasteiger partial charge in [-0.25, -0.2) is 0 Å². The summed E-state index contributed by atoms with van der Waals surface area (Å²) in [6, 6.07) is 9.14. The lowest BCUT2D eigenvalue weighted by Gasteiger charge is -2.20. The monoisotopic (exact) mass is 259 g/mol. The molecular weight excluding hydrogens is 238 g/mol. The zero-order valence-electron chi connectivity index (χ0n) is 11.3. The van der Waals surface area contributed by atoms with Gasteiger partial charge in [-0.05, 0) is 38.3 Å². The van der Waals surface area contributed by atoms with E-state index in [4.69, 9.17) is 0 Å². The molecule has 2 unspecified atom stereocenters. The van der Waals surface area contributed by atoms with Crippen LogP contribution in [0.25, 0.3) is 0 Å². The Bertz CT molecular complexity index is 447. The first kappa shape index (κ1) is 13.5. The van der Waals surface area contributed by atoms with Crippen molar-refractivity contribution < 1.29 is 0 Å². The fourth-order valence-corrected chi connectivity index (χ4v) is 4.04. The summed E-state index contributed by atoms with van der Waals surface area (Å²) in [5, 5.41) is 9.81. The van der Waals surface area contributed by atoms with Crippen LogP contribution in [0.5, 0.6) is 0 Å². The van der Waals surface area contributed by atoms with Crippen LogP contribution in [0.15, 0.2) is 23.1 Å². The maximum atomic E-state index is 9.33. The number of thioether (sulfide) groups is 1. The summed E-state index contributed by atoms with van der Waals surface area (Å²) in [5.41, 5.74) is 2.65. The van der Waals surface area contributed by atoms with Crippen LogP contribution >= 0.6 is 11.8 Å². The van der Waals surface area contributed by atoms with Crippen molar-refractivity contribution in [1.29, 1.82) is 5.26 Å². The molecule has 1 aromatic carbocycles. The Labute approximate surface area is 115 Å². The van der Waals surface area contributed by atoms with E-state index in [-0.39, 0.29) is 5.92 Å². The van der Waals surface area contributed by atoms with Crippen LogP contribution < -0.4 is 0 Å². The van der Waals surface area contributed by atoms with Gasteiger partial charge in [-0.15, -0.1) is 11.8 Å². The molecule has 0 amide bonds. The Morgan fingerprint density at radius 2 is 1.94 bits per heavy atom. The lowest BCUT2D eigenvalue weighted by molar-refractivity contribution is 0.585. The Hall–Kier alpha value is -0.940. The number of rotatable bonds is 2. The smallest absolute Gasteiger partial charge is 0.0667 e. The molecule has 1 saturated carbocycles. The molecule has 1 aromatic rings. The Balaban J connectivity index is 2.15. The Kier molecular flexibility index (Phi) is 4.72. The summed E-state index contributed by atoms with van der Waals surface area (Å²) in [6.45, 7) is 4.30. The lowest BCUT2D eigenvalue weighted by atomic mass is 10.0. The molecule has 1 fully saturated rings. The zero-order chi connectivity index (χ0) is 13.0. The van der Waals surface area contributed by atoms with Crippen molar-refractivity contribution in [3.63, 3.8) is 0 Å². The molecule has 0 saturated heterocycles. The second-order valence-corrected chi connectivity index (χ2v) is 6.58. The van der Waals surface area contributed by atoms with Crippen LogP contribution in [0.4, 0.5) is 0 Å².